The molecular formula is C19H20FNO2S. The molecule has 0 saturated heterocycles. The fraction of sp³-hybridized carbons (Fsp3) is 0.368. The van der Waals surface area contributed by atoms with Gasteiger partial charge in [0.25, 0.3) is 0 Å². The van der Waals surface area contributed by atoms with Gasteiger partial charge in [-0.2, -0.15) is 0 Å². The van der Waals surface area contributed by atoms with E-state index in [2.05, 4.69) is 6.08 Å². The van der Waals surface area contributed by atoms with E-state index in [1.54, 1.807) is 24.3 Å². The molecule has 0 bridgehead atoms. The monoisotopic (exact) mass is 345 g/mol. The molecule has 1 aromatic rings. The molecule has 1 aromatic carbocycles. The topological polar surface area (TPSA) is 60.2 Å². The van der Waals surface area contributed by atoms with Gasteiger partial charge in [-0.1, -0.05) is 29.9 Å². The first-order valence-electron chi connectivity index (χ1n) is 8.26. The van der Waals surface area contributed by atoms with Crippen LogP contribution in [0.5, 0.6) is 0 Å². The number of halogens is 1. The summed E-state index contributed by atoms with van der Waals surface area (Å²) in [4.78, 5) is 0.137. The lowest BCUT2D eigenvalue weighted by Gasteiger charge is -2.23. The highest BCUT2D eigenvalue weighted by atomic mass is 32.2. The van der Waals surface area contributed by atoms with E-state index < -0.39 is 10.0 Å². The Kier molecular flexibility index (Phi) is 3.55. The highest BCUT2D eigenvalue weighted by Crippen LogP contribution is 2.61. The minimum atomic E-state index is -3.67. The lowest BCUT2D eigenvalue weighted by molar-refractivity contribution is 0.563. The van der Waals surface area contributed by atoms with E-state index in [4.69, 9.17) is 5.14 Å². The fourth-order valence-electron chi connectivity index (χ4n) is 3.95. The molecule has 2 N–H and O–H groups in total. The van der Waals surface area contributed by atoms with Crippen LogP contribution in [0.25, 0.3) is 0 Å². The molecule has 0 amide bonds. The zero-order chi connectivity index (χ0) is 16.9. The van der Waals surface area contributed by atoms with Crippen LogP contribution in [0.3, 0.4) is 0 Å². The van der Waals surface area contributed by atoms with Crippen molar-refractivity contribution in [3.63, 3.8) is 0 Å². The summed E-state index contributed by atoms with van der Waals surface area (Å²) in [5.74, 6) is 0.332. The minimum absolute atomic E-state index is 0.137. The first-order chi connectivity index (χ1) is 11.4. The maximum absolute atomic E-state index is 13.3. The van der Waals surface area contributed by atoms with Crippen molar-refractivity contribution >= 4 is 10.0 Å². The third kappa shape index (κ3) is 2.87. The predicted octanol–water partition coefficient (Wildman–Crippen LogP) is 3.96. The summed E-state index contributed by atoms with van der Waals surface area (Å²) in [5.41, 5.74) is 2.77. The highest BCUT2D eigenvalue weighted by Gasteiger charge is 2.48. The number of sulfonamides is 1. The number of allylic oxidation sites excluding steroid dienone is 6. The van der Waals surface area contributed by atoms with Crippen LogP contribution in [0.15, 0.2) is 64.9 Å². The van der Waals surface area contributed by atoms with Gasteiger partial charge in [-0.25, -0.2) is 17.9 Å². The van der Waals surface area contributed by atoms with E-state index >= 15 is 0 Å². The second-order valence-electron chi connectivity index (χ2n) is 7.17. The van der Waals surface area contributed by atoms with Gasteiger partial charge in [0.05, 0.1) is 4.90 Å². The van der Waals surface area contributed by atoms with Crippen molar-refractivity contribution in [3.8, 4) is 0 Å². The van der Waals surface area contributed by atoms with Gasteiger partial charge in [-0.3, -0.25) is 0 Å². The van der Waals surface area contributed by atoms with Crippen LogP contribution in [0.1, 0.15) is 37.2 Å². The number of primary sulfonamides is 1. The molecule has 2 unspecified atom stereocenters. The molecule has 3 aliphatic carbocycles. The molecule has 2 atom stereocenters. The van der Waals surface area contributed by atoms with Gasteiger partial charge < -0.3 is 0 Å². The number of benzene rings is 1. The molecule has 0 aliphatic heterocycles. The van der Waals surface area contributed by atoms with Crippen LogP contribution in [0.2, 0.25) is 0 Å². The van der Waals surface area contributed by atoms with Gasteiger partial charge >= 0.3 is 0 Å². The molecule has 4 rings (SSSR count). The summed E-state index contributed by atoms with van der Waals surface area (Å²) in [6.45, 7) is 0. The highest BCUT2D eigenvalue weighted by molar-refractivity contribution is 7.89. The molecular weight excluding hydrogens is 325 g/mol. The molecule has 3 nitrogen and oxygen atoms in total. The molecule has 0 heterocycles. The summed E-state index contributed by atoms with van der Waals surface area (Å²) in [5, 5.41) is 5.18. The van der Waals surface area contributed by atoms with Crippen molar-refractivity contribution in [1.82, 2.24) is 0 Å². The van der Waals surface area contributed by atoms with Gasteiger partial charge in [-0.05, 0) is 60.9 Å². The Labute approximate surface area is 141 Å². The third-order valence-corrected chi connectivity index (χ3v) is 6.40. The van der Waals surface area contributed by atoms with Crippen molar-refractivity contribution in [2.45, 2.75) is 36.5 Å². The third-order valence-electron chi connectivity index (χ3n) is 5.47. The Morgan fingerprint density at radius 3 is 2.42 bits per heavy atom. The smallest absolute Gasteiger partial charge is 0.225 e. The van der Waals surface area contributed by atoms with E-state index in [1.807, 2.05) is 18.2 Å². The normalized spacial score (nSPS) is 27.9. The lowest BCUT2D eigenvalue weighted by atomic mass is 9.82. The number of hydrogen-bond acceptors (Lipinski definition) is 2. The Bertz CT molecular complexity index is 861. The summed E-state index contributed by atoms with van der Waals surface area (Å²) < 4.78 is 36.1. The largest absolute Gasteiger partial charge is 0.238 e. The number of rotatable bonds is 3. The average molecular weight is 345 g/mol. The maximum Gasteiger partial charge on any atom is 0.238 e. The van der Waals surface area contributed by atoms with Gasteiger partial charge in [0.15, 0.2) is 0 Å². The van der Waals surface area contributed by atoms with Crippen molar-refractivity contribution in [2.75, 3.05) is 0 Å². The summed E-state index contributed by atoms with van der Waals surface area (Å²) in [6.07, 6.45) is 11.7. The minimum Gasteiger partial charge on any atom is -0.225 e. The molecule has 1 saturated carbocycles. The van der Waals surface area contributed by atoms with E-state index in [0.29, 0.717) is 11.8 Å². The van der Waals surface area contributed by atoms with Crippen LogP contribution in [-0.4, -0.2) is 8.42 Å². The summed E-state index contributed by atoms with van der Waals surface area (Å²) >= 11 is 0. The molecule has 1 fully saturated rings. The predicted molar refractivity (Wildman–Crippen MR) is 91.4 cm³/mol. The zero-order valence-corrected chi connectivity index (χ0v) is 14.1. The molecule has 1 spiro atoms. The first kappa shape index (κ1) is 15.8. The van der Waals surface area contributed by atoms with E-state index in [-0.39, 0.29) is 22.6 Å². The van der Waals surface area contributed by atoms with E-state index in [1.165, 1.54) is 18.4 Å². The molecule has 0 aromatic heterocycles. The van der Waals surface area contributed by atoms with Gasteiger partial charge in [0, 0.05) is 11.8 Å². The van der Waals surface area contributed by atoms with Crippen LogP contribution in [-0.2, 0) is 10.0 Å². The molecule has 0 radical (unpaired) electrons. The van der Waals surface area contributed by atoms with Crippen molar-refractivity contribution in [3.05, 3.63) is 65.5 Å². The standard InChI is InChI=1S/C19H20FNO2S/c20-15-5-1-13(2-6-15)17-11-19(9-10-19)12-18(17)14-3-7-16(8-4-14)24(21,22)23/h1,3-8,11,13,18H,2,9-10,12H2,(H2,21,22,23). The second-order valence-corrected chi connectivity index (χ2v) is 8.73. The Balaban J connectivity index is 1.64. The summed E-state index contributed by atoms with van der Waals surface area (Å²) in [6, 6.07) is 6.89. The maximum atomic E-state index is 13.3. The van der Waals surface area contributed by atoms with Crippen LogP contribution < -0.4 is 5.14 Å². The molecule has 24 heavy (non-hydrogen) atoms. The van der Waals surface area contributed by atoms with E-state index in [9.17, 15) is 12.8 Å². The van der Waals surface area contributed by atoms with Crippen LogP contribution in [0.4, 0.5) is 4.39 Å². The zero-order valence-electron chi connectivity index (χ0n) is 13.3. The second kappa shape index (κ2) is 5.39. The van der Waals surface area contributed by atoms with Crippen molar-refractivity contribution < 1.29 is 12.8 Å². The molecule has 3 aliphatic rings. The van der Waals surface area contributed by atoms with E-state index in [0.717, 1.165) is 12.0 Å². The molecule has 126 valence electrons. The quantitative estimate of drug-likeness (QED) is 0.843. The SMILES string of the molecule is NS(=O)(=O)c1ccc(C2CC3(C=C2C2C=CC(F)=CC2)CC3)cc1. The first-order valence-corrected chi connectivity index (χ1v) is 9.80. The van der Waals surface area contributed by atoms with Gasteiger partial charge in [0.2, 0.25) is 10.0 Å². The van der Waals surface area contributed by atoms with Crippen LogP contribution in [0, 0.1) is 11.3 Å². The summed E-state index contributed by atoms with van der Waals surface area (Å²) in [7, 11) is -3.67. The number of hydrogen-bond donors (Lipinski definition) is 1. The molecule has 5 heteroatoms. The lowest BCUT2D eigenvalue weighted by Crippen LogP contribution is -2.13. The Hall–Kier alpha value is -1.72. The van der Waals surface area contributed by atoms with Gasteiger partial charge in [0.1, 0.15) is 5.83 Å². The average Bonchev–Trinajstić information content (AvgIpc) is 3.19. The van der Waals surface area contributed by atoms with Crippen molar-refractivity contribution in [2.24, 2.45) is 16.5 Å². The number of nitrogens with two attached hydrogens (primary N) is 1. The van der Waals surface area contributed by atoms with Crippen molar-refractivity contribution in [1.29, 1.82) is 0 Å². The van der Waals surface area contributed by atoms with Gasteiger partial charge in [-0.15, -0.1) is 0 Å². The Morgan fingerprint density at radius 1 is 1.17 bits per heavy atom. The van der Waals surface area contributed by atoms with Crippen LogP contribution >= 0.6 is 0 Å². The Morgan fingerprint density at radius 2 is 1.88 bits per heavy atom. The fourth-order valence-corrected chi connectivity index (χ4v) is 4.47.